The van der Waals surface area contributed by atoms with E-state index in [1.165, 1.54) is 6.21 Å². The molecule has 2 N–H and O–H groups in total. The fourth-order valence-electron chi connectivity index (χ4n) is 2.49. The Balaban J connectivity index is 1.62. The molecule has 10 heteroatoms. The van der Waals surface area contributed by atoms with Crippen LogP contribution in [0.25, 0.3) is 0 Å². The molecular formula is C22H15BrCl3N3O3. The third-order valence-electron chi connectivity index (χ3n) is 4.01. The summed E-state index contributed by atoms with van der Waals surface area (Å²) in [4.78, 5) is 24.4. The molecule has 0 bridgehead atoms. The van der Waals surface area contributed by atoms with Crippen molar-refractivity contribution in [2.24, 2.45) is 5.10 Å². The van der Waals surface area contributed by atoms with Crippen LogP contribution in [0.5, 0.6) is 5.75 Å². The van der Waals surface area contributed by atoms with Gasteiger partial charge in [0.05, 0.1) is 16.3 Å². The molecule has 0 fully saturated rings. The molecule has 0 aliphatic carbocycles. The number of hydrogen-bond donors (Lipinski definition) is 2. The number of hydrogen-bond acceptors (Lipinski definition) is 4. The van der Waals surface area contributed by atoms with Crippen LogP contribution in [0, 0.1) is 0 Å². The molecule has 0 aromatic heterocycles. The van der Waals surface area contributed by atoms with E-state index in [1.54, 1.807) is 60.7 Å². The van der Waals surface area contributed by atoms with Crippen LogP contribution in [-0.2, 0) is 4.79 Å². The largest absolute Gasteiger partial charge is 0.483 e. The highest BCUT2D eigenvalue weighted by Gasteiger charge is 2.09. The van der Waals surface area contributed by atoms with Gasteiger partial charge in [-0.2, -0.15) is 5.10 Å². The van der Waals surface area contributed by atoms with Crippen LogP contribution in [0.2, 0.25) is 15.1 Å². The van der Waals surface area contributed by atoms with Crippen LogP contribution in [0.15, 0.2) is 70.2 Å². The number of ether oxygens (including phenoxy) is 1. The van der Waals surface area contributed by atoms with Gasteiger partial charge >= 0.3 is 0 Å². The van der Waals surface area contributed by atoms with Crippen molar-refractivity contribution in [1.29, 1.82) is 0 Å². The van der Waals surface area contributed by atoms with Gasteiger partial charge in [0.15, 0.2) is 6.61 Å². The molecule has 164 valence electrons. The van der Waals surface area contributed by atoms with Crippen molar-refractivity contribution >= 4 is 74.4 Å². The molecule has 2 amide bonds. The number of carbonyl (C=O) groups is 2. The first-order chi connectivity index (χ1) is 15.3. The minimum atomic E-state index is -0.392. The van der Waals surface area contributed by atoms with Crippen molar-refractivity contribution in [3.8, 4) is 5.75 Å². The van der Waals surface area contributed by atoms with Crippen molar-refractivity contribution in [2.75, 3.05) is 11.9 Å². The lowest BCUT2D eigenvalue weighted by Crippen LogP contribution is -2.20. The van der Waals surface area contributed by atoms with Gasteiger partial charge in [-0.3, -0.25) is 9.59 Å². The van der Waals surface area contributed by atoms with E-state index >= 15 is 0 Å². The Hall–Kier alpha value is -2.58. The third-order valence-corrected chi connectivity index (χ3v) is 5.49. The molecule has 0 saturated heterocycles. The summed E-state index contributed by atoms with van der Waals surface area (Å²) < 4.78 is 6.40. The number of rotatable bonds is 7. The normalized spacial score (nSPS) is 10.8. The monoisotopic (exact) mass is 553 g/mol. The summed E-state index contributed by atoms with van der Waals surface area (Å²) in [5, 5.41) is 7.90. The van der Waals surface area contributed by atoms with Gasteiger partial charge in [-0.1, -0.05) is 50.7 Å². The summed E-state index contributed by atoms with van der Waals surface area (Å²) in [7, 11) is 0. The van der Waals surface area contributed by atoms with Gasteiger partial charge in [-0.05, 0) is 60.7 Å². The molecule has 3 aromatic rings. The van der Waals surface area contributed by atoms with E-state index in [0.29, 0.717) is 37.6 Å². The van der Waals surface area contributed by atoms with E-state index in [9.17, 15) is 9.59 Å². The fraction of sp³-hybridized carbons (Fsp3) is 0.0455. The SMILES string of the molecule is O=C(COc1ccc(Br)cc1/C=N/NC(=O)c1ccc(Cl)cc1)Nc1ccc(Cl)c(Cl)c1. The molecule has 0 aliphatic rings. The third kappa shape index (κ3) is 6.97. The van der Waals surface area contributed by atoms with Gasteiger partial charge in [0.25, 0.3) is 11.8 Å². The van der Waals surface area contributed by atoms with Crippen molar-refractivity contribution in [2.45, 2.75) is 0 Å². The lowest BCUT2D eigenvalue weighted by molar-refractivity contribution is -0.118. The number of nitrogens with zero attached hydrogens (tertiary/aromatic N) is 1. The van der Waals surface area contributed by atoms with Crippen LogP contribution < -0.4 is 15.5 Å². The number of carbonyl (C=O) groups excluding carboxylic acids is 2. The van der Waals surface area contributed by atoms with Crippen molar-refractivity contribution < 1.29 is 14.3 Å². The van der Waals surface area contributed by atoms with Crippen molar-refractivity contribution in [1.82, 2.24) is 5.43 Å². The Morgan fingerprint density at radius 3 is 2.44 bits per heavy atom. The number of hydrazone groups is 1. The molecule has 3 rings (SSSR count). The van der Waals surface area contributed by atoms with Gasteiger partial charge < -0.3 is 10.1 Å². The molecule has 0 unspecified atom stereocenters. The predicted octanol–water partition coefficient (Wildman–Crippen LogP) is 6.19. The van der Waals surface area contributed by atoms with Crippen LogP contribution in [-0.4, -0.2) is 24.6 Å². The van der Waals surface area contributed by atoms with Crippen LogP contribution in [0.1, 0.15) is 15.9 Å². The maximum absolute atomic E-state index is 12.2. The second-order valence-corrected chi connectivity index (χ2v) is 8.52. The summed E-state index contributed by atoms with van der Waals surface area (Å²) in [6.07, 6.45) is 1.42. The van der Waals surface area contributed by atoms with E-state index in [1.807, 2.05) is 0 Å². The molecule has 0 spiro atoms. The first-order valence-corrected chi connectivity index (χ1v) is 11.0. The molecule has 32 heavy (non-hydrogen) atoms. The van der Waals surface area contributed by atoms with Gasteiger partial charge in [-0.15, -0.1) is 0 Å². The number of amides is 2. The quantitative estimate of drug-likeness (QED) is 0.270. The van der Waals surface area contributed by atoms with Crippen LogP contribution in [0.3, 0.4) is 0 Å². The summed E-state index contributed by atoms with van der Waals surface area (Å²) in [5.74, 6) is -0.372. The fourth-order valence-corrected chi connectivity index (χ4v) is 3.30. The summed E-state index contributed by atoms with van der Waals surface area (Å²) in [5.41, 5.74) is 3.90. The zero-order valence-corrected chi connectivity index (χ0v) is 20.1. The highest BCUT2D eigenvalue weighted by Crippen LogP contribution is 2.25. The summed E-state index contributed by atoms with van der Waals surface area (Å²) in [6.45, 7) is -0.250. The molecule has 6 nitrogen and oxygen atoms in total. The van der Waals surface area contributed by atoms with Gasteiger partial charge in [0.1, 0.15) is 5.75 Å². The highest BCUT2D eigenvalue weighted by molar-refractivity contribution is 9.10. The Morgan fingerprint density at radius 2 is 1.72 bits per heavy atom. The van der Waals surface area contributed by atoms with E-state index in [-0.39, 0.29) is 12.5 Å². The average Bonchev–Trinajstić information content (AvgIpc) is 2.76. The zero-order valence-electron chi connectivity index (χ0n) is 16.2. The van der Waals surface area contributed by atoms with Crippen LogP contribution >= 0.6 is 50.7 Å². The highest BCUT2D eigenvalue weighted by atomic mass is 79.9. The maximum atomic E-state index is 12.2. The standard InChI is InChI=1S/C22H15BrCl3N3O3/c23-15-3-8-20(32-12-21(30)28-17-6-7-18(25)19(26)10-17)14(9-15)11-27-29-22(31)13-1-4-16(24)5-2-13/h1-11H,12H2,(H,28,30)(H,29,31)/b27-11+. The molecule has 0 aliphatic heterocycles. The minimum Gasteiger partial charge on any atom is -0.483 e. The lowest BCUT2D eigenvalue weighted by Gasteiger charge is -2.10. The second kappa shape index (κ2) is 11.3. The topological polar surface area (TPSA) is 79.8 Å². The first-order valence-electron chi connectivity index (χ1n) is 9.08. The first kappa shape index (κ1) is 24.1. The van der Waals surface area contributed by atoms with E-state index in [0.717, 1.165) is 4.47 Å². The summed E-state index contributed by atoms with van der Waals surface area (Å²) >= 11 is 21.0. The van der Waals surface area contributed by atoms with E-state index in [4.69, 9.17) is 39.5 Å². The predicted molar refractivity (Wildman–Crippen MR) is 131 cm³/mol. The maximum Gasteiger partial charge on any atom is 0.271 e. The van der Waals surface area contributed by atoms with Gasteiger partial charge in [-0.25, -0.2) is 5.43 Å². The minimum absolute atomic E-state index is 0.250. The lowest BCUT2D eigenvalue weighted by atomic mass is 10.2. The summed E-state index contributed by atoms with van der Waals surface area (Å²) in [6, 6.07) is 16.4. The molecular weight excluding hydrogens is 541 g/mol. The van der Waals surface area contributed by atoms with E-state index in [2.05, 4.69) is 31.8 Å². The Bertz CT molecular complexity index is 1170. The number of anilines is 1. The van der Waals surface area contributed by atoms with Crippen molar-refractivity contribution in [3.63, 3.8) is 0 Å². The molecule has 0 atom stereocenters. The number of halogens is 4. The second-order valence-electron chi connectivity index (χ2n) is 6.35. The number of benzene rings is 3. The zero-order chi connectivity index (χ0) is 23.1. The molecule has 3 aromatic carbocycles. The van der Waals surface area contributed by atoms with E-state index < -0.39 is 5.91 Å². The average molecular weight is 556 g/mol. The Morgan fingerprint density at radius 1 is 0.969 bits per heavy atom. The number of nitrogens with one attached hydrogen (secondary N) is 2. The van der Waals surface area contributed by atoms with Gasteiger partial charge in [0, 0.05) is 26.3 Å². The van der Waals surface area contributed by atoms with Crippen molar-refractivity contribution in [3.05, 3.63) is 91.3 Å². The van der Waals surface area contributed by atoms with Crippen LogP contribution in [0.4, 0.5) is 5.69 Å². The van der Waals surface area contributed by atoms with Gasteiger partial charge in [0.2, 0.25) is 0 Å². The smallest absolute Gasteiger partial charge is 0.271 e. The molecule has 0 radical (unpaired) electrons. The Labute approximate surface area is 207 Å². The Kier molecular flexibility index (Phi) is 8.53. The molecule has 0 saturated carbocycles. The molecule has 0 heterocycles.